The van der Waals surface area contributed by atoms with Crippen LogP contribution in [0.25, 0.3) is 0 Å². The van der Waals surface area contributed by atoms with E-state index in [0.29, 0.717) is 5.95 Å². The van der Waals surface area contributed by atoms with Gasteiger partial charge in [-0.3, -0.25) is 4.68 Å². The summed E-state index contributed by atoms with van der Waals surface area (Å²) in [6.07, 6.45) is 5.65. The molecule has 0 bridgehead atoms. The van der Waals surface area contributed by atoms with Crippen LogP contribution in [0, 0.1) is 13.8 Å². The van der Waals surface area contributed by atoms with Crippen LogP contribution in [0.1, 0.15) is 30.6 Å². The van der Waals surface area contributed by atoms with Gasteiger partial charge in [-0.25, -0.2) is 15.0 Å². The lowest BCUT2D eigenvalue weighted by Crippen LogP contribution is -2.10. The molecular formula is C13H20N6. The van der Waals surface area contributed by atoms with E-state index < -0.39 is 0 Å². The second kappa shape index (κ2) is 6.26. The second-order valence-corrected chi connectivity index (χ2v) is 4.48. The topological polar surface area (TPSA) is 68.5 Å². The lowest BCUT2D eigenvalue weighted by Gasteiger charge is -2.06. The summed E-state index contributed by atoms with van der Waals surface area (Å²) in [7, 11) is 0. The molecule has 0 atom stereocenters. The number of aryl methyl sites for hydroxylation is 4. The zero-order chi connectivity index (χ0) is 13.7. The number of hydrogen-bond donors (Lipinski definition) is 1. The lowest BCUT2D eigenvalue weighted by molar-refractivity contribution is 0.571. The predicted octanol–water partition coefficient (Wildman–Crippen LogP) is 1.75. The molecule has 19 heavy (non-hydrogen) atoms. The number of nitrogens with zero attached hydrogens (tertiary/aromatic N) is 5. The van der Waals surface area contributed by atoms with Crippen molar-refractivity contribution in [1.29, 1.82) is 0 Å². The van der Waals surface area contributed by atoms with Gasteiger partial charge < -0.3 is 5.32 Å². The number of rotatable bonds is 6. The zero-order valence-corrected chi connectivity index (χ0v) is 11.7. The third-order valence-corrected chi connectivity index (χ3v) is 2.91. The fraction of sp³-hybridized carbons (Fsp3) is 0.538. The molecule has 1 N–H and O–H groups in total. The van der Waals surface area contributed by atoms with Gasteiger partial charge in [-0.05, 0) is 32.3 Å². The molecule has 0 saturated heterocycles. The number of hydrogen-bond acceptors (Lipinski definition) is 5. The highest BCUT2D eigenvalue weighted by Crippen LogP contribution is 2.02. The van der Waals surface area contributed by atoms with E-state index in [2.05, 4.69) is 32.3 Å². The molecule has 0 radical (unpaired) electrons. The van der Waals surface area contributed by atoms with Crippen LogP contribution in [0.3, 0.4) is 0 Å². The highest BCUT2D eigenvalue weighted by atomic mass is 15.3. The van der Waals surface area contributed by atoms with Gasteiger partial charge in [-0.15, -0.1) is 0 Å². The Morgan fingerprint density at radius 3 is 2.53 bits per heavy atom. The summed E-state index contributed by atoms with van der Waals surface area (Å²) in [6, 6.07) is 0. The Balaban J connectivity index is 1.75. The van der Waals surface area contributed by atoms with Crippen LogP contribution in [0.15, 0.2) is 12.4 Å². The van der Waals surface area contributed by atoms with E-state index in [4.69, 9.17) is 0 Å². The van der Waals surface area contributed by atoms with E-state index in [0.717, 1.165) is 43.1 Å². The van der Waals surface area contributed by atoms with Crippen molar-refractivity contribution >= 4 is 5.95 Å². The third-order valence-electron chi connectivity index (χ3n) is 2.91. The predicted molar refractivity (Wildman–Crippen MR) is 74.0 cm³/mol. The Hall–Kier alpha value is -1.98. The van der Waals surface area contributed by atoms with Crippen molar-refractivity contribution in [2.75, 3.05) is 11.9 Å². The largest absolute Gasteiger partial charge is 0.354 e. The van der Waals surface area contributed by atoms with Gasteiger partial charge in [0, 0.05) is 25.5 Å². The maximum absolute atomic E-state index is 4.32. The Labute approximate surface area is 113 Å². The maximum Gasteiger partial charge on any atom is 0.222 e. The van der Waals surface area contributed by atoms with E-state index in [9.17, 15) is 0 Å². The van der Waals surface area contributed by atoms with Gasteiger partial charge in [0.05, 0.1) is 0 Å². The molecule has 0 amide bonds. The van der Waals surface area contributed by atoms with E-state index in [1.54, 1.807) is 0 Å². The molecule has 0 fully saturated rings. The summed E-state index contributed by atoms with van der Waals surface area (Å²) in [4.78, 5) is 12.8. The van der Waals surface area contributed by atoms with Crippen LogP contribution in [0.4, 0.5) is 5.95 Å². The molecule has 2 rings (SSSR count). The summed E-state index contributed by atoms with van der Waals surface area (Å²) in [6.45, 7) is 7.65. The fourth-order valence-corrected chi connectivity index (χ4v) is 1.83. The summed E-state index contributed by atoms with van der Waals surface area (Å²) in [5.41, 5.74) is 1.15. The molecule has 2 aromatic rings. The fourth-order valence-electron chi connectivity index (χ4n) is 1.83. The maximum atomic E-state index is 4.32. The average Bonchev–Trinajstić information content (AvgIpc) is 2.74. The minimum Gasteiger partial charge on any atom is -0.354 e. The van der Waals surface area contributed by atoms with Crippen LogP contribution < -0.4 is 5.32 Å². The molecule has 0 aliphatic carbocycles. The van der Waals surface area contributed by atoms with Crippen LogP contribution in [-0.2, 0) is 13.0 Å². The molecular weight excluding hydrogens is 240 g/mol. The van der Waals surface area contributed by atoms with Crippen molar-refractivity contribution in [1.82, 2.24) is 24.7 Å². The van der Waals surface area contributed by atoms with Crippen molar-refractivity contribution in [3.63, 3.8) is 0 Å². The van der Waals surface area contributed by atoms with E-state index >= 15 is 0 Å². The average molecular weight is 260 g/mol. The zero-order valence-electron chi connectivity index (χ0n) is 11.7. The molecule has 0 aliphatic heterocycles. The Bertz CT molecular complexity index is 516. The van der Waals surface area contributed by atoms with Gasteiger partial charge >= 0.3 is 0 Å². The van der Waals surface area contributed by atoms with Gasteiger partial charge in [0.25, 0.3) is 0 Å². The molecule has 0 saturated carbocycles. The Morgan fingerprint density at radius 2 is 1.95 bits per heavy atom. The van der Waals surface area contributed by atoms with Gasteiger partial charge in [-0.1, -0.05) is 6.92 Å². The minimum atomic E-state index is 0.684. The number of aromatic nitrogens is 5. The van der Waals surface area contributed by atoms with E-state index in [1.807, 2.05) is 30.9 Å². The van der Waals surface area contributed by atoms with E-state index in [1.165, 1.54) is 0 Å². The van der Waals surface area contributed by atoms with Gasteiger partial charge in [0.15, 0.2) is 0 Å². The second-order valence-electron chi connectivity index (χ2n) is 4.48. The molecule has 0 spiro atoms. The Morgan fingerprint density at radius 1 is 1.21 bits per heavy atom. The normalized spacial score (nSPS) is 10.7. The van der Waals surface area contributed by atoms with Gasteiger partial charge in [0.1, 0.15) is 11.6 Å². The number of nitrogens with one attached hydrogen (secondary N) is 1. The summed E-state index contributed by atoms with van der Waals surface area (Å²) < 4.78 is 1.93. The van der Waals surface area contributed by atoms with Crippen LogP contribution >= 0.6 is 0 Å². The molecule has 2 heterocycles. The van der Waals surface area contributed by atoms with Crippen LogP contribution in [0.5, 0.6) is 0 Å². The third kappa shape index (κ3) is 3.74. The van der Waals surface area contributed by atoms with Crippen molar-refractivity contribution in [3.05, 3.63) is 29.6 Å². The van der Waals surface area contributed by atoms with Gasteiger partial charge in [-0.2, -0.15) is 5.10 Å². The van der Waals surface area contributed by atoms with Crippen molar-refractivity contribution < 1.29 is 0 Å². The lowest BCUT2D eigenvalue weighted by atomic mass is 10.3. The molecule has 6 nitrogen and oxygen atoms in total. The number of anilines is 1. The summed E-state index contributed by atoms with van der Waals surface area (Å²) in [5.74, 6) is 2.47. The van der Waals surface area contributed by atoms with Crippen LogP contribution in [-0.4, -0.2) is 31.3 Å². The Kier molecular flexibility index (Phi) is 4.43. The summed E-state index contributed by atoms with van der Waals surface area (Å²) in [5, 5.41) is 7.53. The smallest absolute Gasteiger partial charge is 0.222 e. The quantitative estimate of drug-likeness (QED) is 0.801. The standard InChI is InChI=1S/C13H20N6/c1-4-12-8-15-13(16-9-12)14-6-5-7-19-11(3)17-10(2)18-19/h8-9H,4-7H2,1-3H3,(H,14,15,16). The monoisotopic (exact) mass is 260 g/mol. The first-order valence-corrected chi connectivity index (χ1v) is 6.62. The van der Waals surface area contributed by atoms with Gasteiger partial charge in [0.2, 0.25) is 5.95 Å². The molecule has 0 aliphatic rings. The van der Waals surface area contributed by atoms with Crippen molar-refractivity contribution in [2.24, 2.45) is 0 Å². The molecule has 0 aromatic carbocycles. The minimum absolute atomic E-state index is 0.684. The van der Waals surface area contributed by atoms with Crippen molar-refractivity contribution in [3.8, 4) is 0 Å². The van der Waals surface area contributed by atoms with E-state index in [-0.39, 0.29) is 0 Å². The van der Waals surface area contributed by atoms with Crippen LogP contribution in [0.2, 0.25) is 0 Å². The molecule has 6 heteroatoms. The highest BCUT2D eigenvalue weighted by molar-refractivity contribution is 5.24. The first kappa shape index (κ1) is 13.5. The molecule has 2 aromatic heterocycles. The first-order chi connectivity index (χ1) is 9.19. The first-order valence-electron chi connectivity index (χ1n) is 6.62. The SMILES string of the molecule is CCc1cnc(NCCCn2nc(C)nc2C)nc1. The molecule has 0 unspecified atom stereocenters. The summed E-state index contributed by atoms with van der Waals surface area (Å²) >= 11 is 0. The highest BCUT2D eigenvalue weighted by Gasteiger charge is 2.02. The van der Waals surface area contributed by atoms with Crippen molar-refractivity contribution in [2.45, 2.75) is 40.2 Å². The molecule has 102 valence electrons.